The summed E-state index contributed by atoms with van der Waals surface area (Å²) in [5.41, 5.74) is 6.96. The van der Waals surface area contributed by atoms with Gasteiger partial charge in [0.1, 0.15) is 5.52 Å². The van der Waals surface area contributed by atoms with Crippen LogP contribution >= 0.6 is 0 Å². The van der Waals surface area contributed by atoms with Crippen molar-refractivity contribution in [1.82, 2.24) is 10.3 Å². The zero-order valence-electron chi connectivity index (χ0n) is 10.4. The van der Waals surface area contributed by atoms with Crippen LogP contribution in [0.3, 0.4) is 0 Å². The molecule has 3 N–H and O–H groups in total. The summed E-state index contributed by atoms with van der Waals surface area (Å²) in [4.78, 5) is 15.8. The molecule has 0 saturated carbocycles. The molecule has 0 fully saturated rings. The third-order valence-corrected chi connectivity index (χ3v) is 2.99. The van der Waals surface area contributed by atoms with E-state index in [0.717, 1.165) is 5.52 Å². The third kappa shape index (κ3) is 1.94. The summed E-state index contributed by atoms with van der Waals surface area (Å²) in [6.45, 7) is 1.48. The van der Waals surface area contributed by atoms with Gasteiger partial charge in [0.15, 0.2) is 17.0 Å². The van der Waals surface area contributed by atoms with Gasteiger partial charge < -0.3 is 9.73 Å². The van der Waals surface area contributed by atoms with Gasteiger partial charge in [-0.1, -0.05) is 18.2 Å². The smallest absolute Gasteiger partial charge is 0.240 e. The molecule has 1 aliphatic rings. The van der Waals surface area contributed by atoms with Crippen LogP contribution in [0.2, 0.25) is 0 Å². The Hall–Kier alpha value is -2.40. The number of para-hydroxylation sites is 2. The van der Waals surface area contributed by atoms with Crippen LogP contribution in [0, 0.1) is 0 Å². The number of oxazole rings is 1. The van der Waals surface area contributed by atoms with Gasteiger partial charge in [0.2, 0.25) is 5.89 Å². The van der Waals surface area contributed by atoms with Crippen LogP contribution in [0.4, 0.5) is 0 Å². The highest BCUT2D eigenvalue weighted by atomic mass is 16.4. The number of carbonyl (C=O) groups excluding carboxylic acids is 1. The van der Waals surface area contributed by atoms with E-state index in [0.29, 0.717) is 17.2 Å². The van der Waals surface area contributed by atoms with E-state index in [4.69, 9.17) is 10.2 Å². The van der Waals surface area contributed by atoms with Gasteiger partial charge >= 0.3 is 0 Å². The number of nitrogens with zero attached hydrogens (tertiary/aromatic N) is 1. The van der Waals surface area contributed by atoms with Crippen LogP contribution in [0.1, 0.15) is 12.8 Å². The lowest BCUT2D eigenvalue weighted by molar-refractivity contribution is -0.114. The Balaban J connectivity index is 2.04. The first-order valence-corrected chi connectivity index (χ1v) is 5.92. The topological polar surface area (TPSA) is 81.2 Å². The van der Waals surface area contributed by atoms with Crippen molar-refractivity contribution < 1.29 is 9.21 Å². The molecule has 2 aromatic rings. The minimum Gasteiger partial charge on any atom is -0.436 e. The van der Waals surface area contributed by atoms with E-state index in [1.54, 1.807) is 18.2 Å². The number of fused-ring (bicyclic) bond motifs is 1. The summed E-state index contributed by atoms with van der Waals surface area (Å²) in [6.07, 6.45) is 5.11. The van der Waals surface area contributed by atoms with Gasteiger partial charge in [0.05, 0.1) is 5.70 Å². The number of Topliss-reactive ketones (excluding diaryl/α,β-unsaturated/α-hetero) is 1. The molecule has 1 unspecified atom stereocenters. The van der Waals surface area contributed by atoms with Gasteiger partial charge in [0, 0.05) is 6.92 Å². The Kier molecular flexibility index (Phi) is 2.50. The summed E-state index contributed by atoms with van der Waals surface area (Å²) >= 11 is 0. The van der Waals surface area contributed by atoms with Crippen molar-refractivity contribution in [2.24, 2.45) is 5.73 Å². The molecule has 0 amide bonds. The molecule has 5 nitrogen and oxygen atoms in total. The number of hydrogen-bond donors (Lipinski definition) is 2. The fourth-order valence-corrected chi connectivity index (χ4v) is 1.98. The van der Waals surface area contributed by atoms with Crippen LogP contribution in [0.15, 0.2) is 52.6 Å². The first-order chi connectivity index (χ1) is 9.08. The zero-order chi connectivity index (χ0) is 13.5. The Labute approximate surface area is 109 Å². The number of benzene rings is 1. The number of rotatable bonds is 2. The monoisotopic (exact) mass is 255 g/mol. The molecular formula is C14H13N3O2. The van der Waals surface area contributed by atoms with Crippen molar-refractivity contribution in [2.45, 2.75) is 12.6 Å². The number of carbonyl (C=O) groups is 1. The maximum absolute atomic E-state index is 11.4. The van der Waals surface area contributed by atoms with E-state index in [2.05, 4.69) is 10.3 Å². The molecule has 0 radical (unpaired) electrons. The second-order valence-corrected chi connectivity index (χ2v) is 4.48. The van der Waals surface area contributed by atoms with Crippen molar-refractivity contribution >= 4 is 16.9 Å². The van der Waals surface area contributed by atoms with E-state index < -0.39 is 5.66 Å². The molecule has 3 rings (SSSR count). The number of nitrogens with one attached hydrogen (secondary N) is 1. The fourth-order valence-electron chi connectivity index (χ4n) is 1.98. The molecule has 0 bridgehead atoms. The highest BCUT2D eigenvalue weighted by molar-refractivity contribution is 5.93. The number of nitrogens with two attached hydrogens (primary N) is 1. The van der Waals surface area contributed by atoms with Gasteiger partial charge in [-0.25, -0.2) is 4.98 Å². The molecule has 96 valence electrons. The fraction of sp³-hybridized carbons (Fsp3) is 0.143. The van der Waals surface area contributed by atoms with Crippen molar-refractivity contribution in [3.05, 3.63) is 54.1 Å². The lowest BCUT2D eigenvalue weighted by Crippen LogP contribution is -2.50. The number of allylic oxidation sites excluding steroid dienone is 3. The molecule has 19 heavy (non-hydrogen) atoms. The maximum atomic E-state index is 11.4. The van der Waals surface area contributed by atoms with E-state index in [-0.39, 0.29) is 5.78 Å². The first-order valence-electron chi connectivity index (χ1n) is 5.92. The summed E-state index contributed by atoms with van der Waals surface area (Å²) in [5, 5.41) is 2.95. The molecule has 1 atom stereocenters. The second kappa shape index (κ2) is 4.07. The van der Waals surface area contributed by atoms with Crippen LogP contribution in [0.5, 0.6) is 0 Å². The predicted octanol–water partition coefficient (Wildman–Crippen LogP) is 1.57. The lowest BCUT2D eigenvalue weighted by Gasteiger charge is -2.27. The Bertz CT molecular complexity index is 681. The quantitative estimate of drug-likeness (QED) is 0.851. The van der Waals surface area contributed by atoms with E-state index in [9.17, 15) is 4.79 Å². The van der Waals surface area contributed by atoms with Crippen molar-refractivity contribution in [1.29, 1.82) is 0 Å². The molecule has 1 aromatic heterocycles. The molecule has 0 saturated heterocycles. The average molecular weight is 255 g/mol. The van der Waals surface area contributed by atoms with Gasteiger partial charge in [-0.15, -0.1) is 0 Å². The Morgan fingerprint density at radius 3 is 2.95 bits per heavy atom. The Morgan fingerprint density at radius 2 is 2.21 bits per heavy atom. The van der Waals surface area contributed by atoms with Gasteiger partial charge in [0.25, 0.3) is 0 Å². The van der Waals surface area contributed by atoms with E-state index >= 15 is 0 Å². The van der Waals surface area contributed by atoms with Gasteiger partial charge in [-0.3, -0.25) is 10.5 Å². The minimum atomic E-state index is -1.10. The number of aromatic nitrogens is 1. The summed E-state index contributed by atoms with van der Waals surface area (Å²) < 4.78 is 5.65. The minimum absolute atomic E-state index is 0.0877. The van der Waals surface area contributed by atoms with Crippen LogP contribution in [-0.4, -0.2) is 10.8 Å². The lowest BCUT2D eigenvalue weighted by atomic mass is 10.1. The SMILES string of the molecule is CC(=O)C1=CC=CC(N)(c2nc3ccccc3o2)N1. The highest BCUT2D eigenvalue weighted by Gasteiger charge is 2.33. The van der Waals surface area contributed by atoms with Crippen molar-refractivity contribution in [2.75, 3.05) is 0 Å². The summed E-state index contributed by atoms with van der Waals surface area (Å²) in [5.74, 6) is 0.243. The molecule has 5 heteroatoms. The second-order valence-electron chi connectivity index (χ2n) is 4.48. The normalized spacial score (nSPS) is 22.1. The van der Waals surface area contributed by atoms with Crippen molar-refractivity contribution in [3.63, 3.8) is 0 Å². The third-order valence-electron chi connectivity index (χ3n) is 2.99. The van der Waals surface area contributed by atoms with Crippen LogP contribution in [-0.2, 0) is 10.5 Å². The molecule has 1 aliphatic heterocycles. The summed E-state index contributed by atoms with van der Waals surface area (Å²) in [7, 11) is 0. The molecular weight excluding hydrogens is 242 g/mol. The molecule has 0 aliphatic carbocycles. The number of hydrogen-bond acceptors (Lipinski definition) is 5. The first kappa shape index (κ1) is 11.7. The zero-order valence-corrected chi connectivity index (χ0v) is 10.4. The molecule has 2 heterocycles. The summed E-state index contributed by atoms with van der Waals surface area (Å²) in [6, 6.07) is 7.41. The van der Waals surface area contributed by atoms with E-state index in [1.807, 2.05) is 24.3 Å². The van der Waals surface area contributed by atoms with Gasteiger partial charge in [-0.2, -0.15) is 0 Å². The molecule has 1 aromatic carbocycles. The highest BCUT2D eigenvalue weighted by Crippen LogP contribution is 2.25. The average Bonchev–Trinajstić information content (AvgIpc) is 2.83. The van der Waals surface area contributed by atoms with Crippen molar-refractivity contribution in [3.8, 4) is 0 Å². The van der Waals surface area contributed by atoms with Gasteiger partial charge in [-0.05, 0) is 24.3 Å². The number of ketones is 1. The van der Waals surface area contributed by atoms with Crippen LogP contribution < -0.4 is 11.1 Å². The number of dihydropyridines is 1. The molecule has 0 spiro atoms. The largest absolute Gasteiger partial charge is 0.436 e. The van der Waals surface area contributed by atoms with E-state index in [1.165, 1.54) is 6.92 Å². The maximum Gasteiger partial charge on any atom is 0.240 e. The predicted molar refractivity (Wildman–Crippen MR) is 70.9 cm³/mol. The standard InChI is InChI=1S/C14H13N3O2/c1-9(18)10-6-4-8-14(15,17-10)13-16-11-5-2-3-7-12(11)19-13/h2-8,17H,15H2,1H3. The van der Waals surface area contributed by atoms with Crippen LogP contribution in [0.25, 0.3) is 11.1 Å². The Morgan fingerprint density at radius 1 is 1.42 bits per heavy atom.